The maximum absolute atomic E-state index is 6.73. The molecule has 0 saturated heterocycles. The van der Waals surface area contributed by atoms with Crippen molar-refractivity contribution in [1.82, 2.24) is 9.88 Å². The van der Waals surface area contributed by atoms with Crippen molar-refractivity contribution in [3.8, 4) is 16.8 Å². The summed E-state index contributed by atoms with van der Waals surface area (Å²) in [6.07, 6.45) is -0.308. The first-order valence-corrected chi connectivity index (χ1v) is 19.2. The van der Waals surface area contributed by atoms with Crippen LogP contribution in [0.3, 0.4) is 0 Å². The summed E-state index contributed by atoms with van der Waals surface area (Å²) in [6.45, 7) is 0. The number of aromatic nitrogens is 1. The Labute approximate surface area is 326 Å². The third kappa shape index (κ3) is 4.97. The molecule has 1 unspecified atom stereocenters. The molecule has 1 aliphatic heterocycles. The highest BCUT2D eigenvalue weighted by molar-refractivity contribution is 6.21. The zero-order valence-electron chi connectivity index (χ0n) is 30.6. The lowest BCUT2D eigenvalue weighted by Gasteiger charge is -2.23. The van der Waals surface area contributed by atoms with Gasteiger partial charge in [-0.1, -0.05) is 127 Å². The lowest BCUT2D eigenvalue weighted by atomic mass is 9.97. The van der Waals surface area contributed by atoms with E-state index in [1.807, 2.05) is 42.5 Å². The quantitative estimate of drug-likeness (QED) is 0.192. The molecule has 6 heteroatoms. The molecule has 11 aromatic rings. The van der Waals surface area contributed by atoms with E-state index in [9.17, 15) is 0 Å². The molecule has 268 valence electrons. The van der Waals surface area contributed by atoms with Crippen molar-refractivity contribution in [2.24, 2.45) is 9.98 Å². The van der Waals surface area contributed by atoms with E-state index in [2.05, 4.69) is 149 Å². The van der Waals surface area contributed by atoms with Crippen molar-refractivity contribution >= 4 is 77.4 Å². The fraction of sp³-hybridized carbons (Fsp3) is 0.0196. The maximum Gasteiger partial charge on any atom is 0.163 e. The highest BCUT2D eigenvalue weighted by Gasteiger charge is 2.24. The molecule has 3 aromatic heterocycles. The van der Waals surface area contributed by atoms with Gasteiger partial charge in [-0.25, -0.2) is 9.98 Å². The minimum absolute atomic E-state index is 0.308. The Morgan fingerprint density at radius 1 is 0.474 bits per heavy atom. The second kappa shape index (κ2) is 12.4. The van der Waals surface area contributed by atoms with E-state index in [4.69, 9.17) is 18.8 Å². The van der Waals surface area contributed by atoms with Crippen LogP contribution >= 0.6 is 0 Å². The number of furan rings is 2. The van der Waals surface area contributed by atoms with E-state index in [1.54, 1.807) is 0 Å². The van der Waals surface area contributed by atoms with Crippen LogP contribution in [-0.4, -0.2) is 16.2 Å². The normalized spacial score (nSPS) is 14.5. The third-order valence-corrected chi connectivity index (χ3v) is 11.3. The zero-order chi connectivity index (χ0) is 37.5. The number of hydrogen-bond donors (Lipinski definition) is 1. The summed E-state index contributed by atoms with van der Waals surface area (Å²) in [5.74, 6) is 1.39. The number of rotatable bonds is 5. The van der Waals surface area contributed by atoms with Gasteiger partial charge in [0.05, 0.1) is 16.6 Å². The topological polar surface area (TPSA) is 68.0 Å². The highest BCUT2D eigenvalue weighted by atomic mass is 16.3. The molecule has 57 heavy (non-hydrogen) atoms. The van der Waals surface area contributed by atoms with E-state index in [1.165, 1.54) is 21.8 Å². The fourth-order valence-corrected chi connectivity index (χ4v) is 8.66. The van der Waals surface area contributed by atoms with Gasteiger partial charge in [0, 0.05) is 49.6 Å². The Morgan fingerprint density at radius 3 is 1.91 bits per heavy atom. The standard InChI is InChI=1S/C51H32N4O2/c1-3-13-31(14-4-1)49-52-50(32-15-5-2-6-16-32)54-51(53-49)41-21-11-20-40-47-35(19-12-24-44(47)57-48(40)41)33-25-27-38-39-28-26-34(30-46(39)56-45(38)29-33)55-42-22-9-7-17-36(42)37-18-8-10-23-43(37)55/h1-30,49H,(H,52,53,54). The molecule has 0 saturated carbocycles. The van der Waals surface area contributed by atoms with Crippen LogP contribution < -0.4 is 5.32 Å². The van der Waals surface area contributed by atoms with Crippen molar-refractivity contribution in [1.29, 1.82) is 0 Å². The van der Waals surface area contributed by atoms with Crippen LogP contribution in [0.1, 0.15) is 22.9 Å². The van der Waals surface area contributed by atoms with Crippen LogP contribution in [0.15, 0.2) is 201 Å². The molecular weight excluding hydrogens is 701 g/mol. The van der Waals surface area contributed by atoms with Gasteiger partial charge in [-0.05, 0) is 65.2 Å². The minimum Gasteiger partial charge on any atom is -0.456 e. The summed E-state index contributed by atoms with van der Waals surface area (Å²) < 4.78 is 15.7. The van der Waals surface area contributed by atoms with Gasteiger partial charge in [0.1, 0.15) is 34.3 Å². The Bertz CT molecular complexity index is 3390. The first-order chi connectivity index (χ1) is 28.2. The molecule has 8 aromatic carbocycles. The van der Waals surface area contributed by atoms with Gasteiger partial charge in [-0.3, -0.25) is 0 Å². The molecule has 0 fully saturated rings. The van der Waals surface area contributed by atoms with E-state index in [-0.39, 0.29) is 6.17 Å². The lowest BCUT2D eigenvalue weighted by molar-refractivity contribution is 0.663. The summed E-state index contributed by atoms with van der Waals surface area (Å²) in [7, 11) is 0. The highest BCUT2D eigenvalue weighted by Crippen LogP contribution is 2.41. The first kappa shape index (κ1) is 31.6. The fourth-order valence-electron chi connectivity index (χ4n) is 8.66. The lowest BCUT2D eigenvalue weighted by Crippen LogP contribution is -2.33. The number of nitrogens with one attached hydrogen (secondary N) is 1. The van der Waals surface area contributed by atoms with Crippen LogP contribution in [0.4, 0.5) is 0 Å². The third-order valence-electron chi connectivity index (χ3n) is 11.3. The molecule has 12 rings (SSSR count). The summed E-state index contributed by atoms with van der Waals surface area (Å²) >= 11 is 0. The van der Waals surface area contributed by atoms with Crippen LogP contribution in [-0.2, 0) is 0 Å². The molecule has 0 bridgehead atoms. The van der Waals surface area contributed by atoms with Crippen molar-refractivity contribution < 1.29 is 8.83 Å². The number of benzene rings is 8. The van der Waals surface area contributed by atoms with Crippen molar-refractivity contribution in [2.45, 2.75) is 6.17 Å². The number of amidine groups is 2. The molecule has 0 amide bonds. The van der Waals surface area contributed by atoms with E-state index in [0.717, 1.165) is 83.2 Å². The summed E-state index contributed by atoms with van der Waals surface area (Å²) in [5, 5.41) is 10.3. The number of aliphatic imine (C=N–C) groups is 2. The number of nitrogens with zero attached hydrogens (tertiary/aromatic N) is 3. The number of hydrogen-bond acceptors (Lipinski definition) is 5. The van der Waals surface area contributed by atoms with E-state index >= 15 is 0 Å². The monoisotopic (exact) mass is 732 g/mol. The van der Waals surface area contributed by atoms with Crippen LogP contribution in [0, 0.1) is 0 Å². The average molecular weight is 733 g/mol. The molecule has 0 spiro atoms. The van der Waals surface area contributed by atoms with Crippen molar-refractivity contribution in [3.63, 3.8) is 0 Å². The SMILES string of the molecule is c1ccc(C2=NC(c3cccc4c3oc3cccc(-c5ccc6c(c5)oc5cc(-n7c8ccccc8c8ccccc87)ccc56)c34)=NC(c3ccccc3)N2)cc1. The zero-order valence-corrected chi connectivity index (χ0v) is 30.6. The summed E-state index contributed by atoms with van der Waals surface area (Å²) in [5.41, 5.74) is 11.7. The van der Waals surface area contributed by atoms with Gasteiger partial charge in [0.15, 0.2) is 5.84 Å². The van der Waals surface area contributed by atoms with Crippen molar-refractivity contribution in [3.05, 3.63) is 199 Å². The van der Waals surface area contributed by atoms with Gasteiger partial charge < -0.3 is 18.7 Å². The number of fused-ring (bicyclic) bond motifs is 9. The van der Waals surface area contributed by atoms with Crippen molar-refractivity contribution in [2.75, 3.05) is 0 Å². The molecule has 0 radical (unpaired) electrons. The average Bonchev–Trinajstić information content (AvgIpc) is 3.96. The molecular formula is C51H32N4O2. The Hall–Kier alpha value is -7.70. The molecule has 1 aliphatic rings. The summed E-state index contributed by atoms with van der Waals surface area (Å²) in [4.78, 5) is 10.2. The molecule has 4 heterocycles. The molecule has 6 nitrogen and oxygen atoms in total. The van der Waals surface area contributed by atoms with Gasteiger partial charge in [0.2, 0.25) is 0 Å². The van der Waals surface area contributed by atoms with Gasteiger partial charge in [-0.2, -0.15) is 0 Å². The summed E-state index contributed by atoms with van der Waals surface area (Å²) in [6, 6.07) is 63.2. The molecule has 0 aliphatic carbocycles. The molecule has 1 N–H and O–H groups in total. The second-order valence-corrected chi connectivity index (χ2v) is 14.6. The van der Waals surface area contributed by atoms with E-state index < -0.39 is 0 Å². The van der Waals surface area contributed by atoms with Crippen LogP contribution in [0.5, 0.6) is 0 Å². The first-order valence-electron chi connectivity index (χ1n) is 19.2. The predicted octanol–water partition coefficient (Wildman–Crippen LogP) is 12.7. The number of para-hydroxylation sites is 3. The van der Waals surface area contributed by atoms with Gasteiger partial charge in [-0.15, -0.1) is 0 Å². The van der Waals surface area contributed by atoms with Gasteiger partial charge in [0.25, 0.3) is 0 Å². The Balaban J connectivity index is 0.982. The Morgan fingerprint density at radius 2 is 1.12 bits per heavy atom. The minimum atomic E-state index is -0.308. The largest absolute Gasteiger partial charge is 0.456 e. The second-order valence-electron chi connectivity index (χ2n) is 14.6. The van der Waals surface area contributed by atoms with Gasteiger partial charge >= 0.3 is 0 Å². The smallest absolute Gasteiger partial charge is 0.163 e. The van der Waals surface area contributed by atoms with Crippen LogP contribution in [0.2, 0.25) is 0 Å². The maximum atomic E-state index is 6.73. The molecule has 1 atom stereocenters. The predicted molar refractivity (Wildman–Crippen MR) is 233 cm³/mol. The van der Waals surface area contributed by atoms with Crippen LogP contribution in [0.25, 0.3) is 82.5 Å². The van der Waals surface area contributed by atoms with E-state index in [0.29, 0.717) is 5.84 Å². The Kier molecular flexibility index (Phi) is 6.89.